The number of fused-ring (bicyclic) bond motifs is 1. The highest BCUT2D eigenvalue weighted by Crippen LogP contribution is 2.31. The monoisotopic (exact) mass is 264 g/mol. The lowest BCUT2D eigenvalue weighted by molar-refractivity contribution is -0.105. The van der Waals surface area contributed by atoms with Crippen molar-refractivity contribution in [3.05, 3.63) is 70.8 Å². The Morgan fingerprint density at radius 3 is 2.65 bits per heavy atom. The highest BCUT2D eigenvalue weighted by atomic mass is 16.5. The zero-order chi connectivity index (χ0) is 13.8. The average Bonchev–Trinajstić information content (AvgIpc) is 2.53. The van der Waals surface area contributed by atoms with Crippen molar-refractivity contribution in [2.45, 2.75) is 19.4 Å². The minimum Gasteiger partial charge on any atom is -0.489 e. The van der Waals surface area contributed by atoms with E-state index < -0.39 is 0 Å². The van der Waals surface area contributed by atoms with E-state index in [0.29, 0.717) is 6.61 Å². The maximum absolute atomic E-state index is 10.9. The number of carbonyl (C=O) groups is 1. The molecule has 0 radical (unpaired) electrons. The second kappa shape index (κ2) is 5.74. The zero-order valence-electron chi connectivity index (χ0n) is 11.2. The predicted octanol–water partition coefficient (Wildman–Crippen LogP) is 3.79. The molecule has 2 aromatic carbocycles. The Hall–Kier alpha value is -2.35. The fourth-order valence-electron chi connectivity index (χ4n) is 2.49. The summed E-state index contributed by atoms with van der Waals surface area (Å²) in [5.74, 6) is 0.924. The Morgan fingerprint density at radius 2 is 1.85 bits per heavy atom. The van der Waals surface area contributed by atoms with Gasteiger partial charge in [0, 0.05) is 5.56 Å². The maximum Gasteiger partial charge on any atom is 0.146 e. The first kappa shape index (κ1) is 12.7. The van der Waals surface area contributed by atoms with Crippen molar-refractivity contribution < 1.29 is 9.53 Å². The highest BCUT2D eigenvalue weighted by molar-refractivity contribution is 5.84. The van der Waals surface area contributed by atoms with Gasteiger partial charge in [0.25, 0.3) is 0 Å². The van der Waals surface area contributed by atoms with Crippen LogP contribution in [0.1, 0.15) is 23.1 Å². The van der Waals surface area contributed by atoms with Crippen LogP contribution in [0.15, 0.2) is 54.1 Å². The van der Waals surface area contributed by atoms with E-state index in [4.69, 9.17) is 4.74 Å². The van der Waals surface area contributed by atoms with E-state index in [-0.39, 0.29) is 0 Å². The van der Waals surface area contributed by atoms with Crippen LogP contribution in [0.5, 0.6) is 5.75 Å². The molecular weight excluding hydrogens is 248 g/mol. The molecule has 0 heterocycles. The number of aldehydes is 1. The number of allylic oxidation sites excluding steroid dienone is 1. The Morgan fingerprint density at radius 1 is 1.00 bits per heavy atom. The van der Waals surface area contributed by atoms with Gasteiger partial charge in [-0.25, -0.2) is 0 Å². The Balaban J connectivity index is 1.82. The van der Waals surface area contributed by atoms with Gasteiger partial charge in [-0.1, -0.05) is 42.5 Å². The molecule has 20 heavy (non-hydrogen) atoms. The molecule has 2 heteroatoms. The molecule has 1 aliphatic rings. The summed E-state index contributed by atoms with van der Waals surface area (Å²) in [5, 5.41) is 0. The minimum absolute atomic E-state index is 0.571. The highest BCUT2D eigenvalue weighted by Gasteiger charge is 2.14. The third-order valence-electron chi connectivity index (χ3n) is 3.56. The smallest absolute Gasteiger partial charge is 0.146 e. The van der Waals surface area contributed by atoms with Gasteiger partial charge in [-0.15, -0.1) is 0 Å². The third kappa shape index (κ3) is 2.64. The molecule has 0 saturated heterocycles. The second-order valence-corrected chi connectivity index (χ2v) is 4.94. The van der Waals surface area contributed by atoms with Crippen molar-refractivity contribution in [2.24, 2.45) is 0 Å². The summed E-state index contributed by atoms with van der Waals surface area (Å²) in [4.78, 5) is 10.9. The van der Waals surface area contributed by atoms with Crippen LogP contribution in [0.4, 0.5) is 0 Å². The molecule has 2 aromatic rings. The van der Waals surface area contributed by atoms with Crippen LogP contribution >= 0.6 is 0 Å². The van der Waals surface area contributed by atoms with Gasteiger partial charge in [-0.3, -0.25) is 4.79 Å². The predicted molar refractivity (Wildman–Crippen MR) is 79.6 cm³/mol. The number of hydrogen-bond acceptors (Lipinski definition) is 2. The van der Waals surface area contributed by atoms with E-state index in [2.05, 4.69) is 12.1 Å². The molecule has 100 valence electrons. The van der Waals surface area contributed by atoms with Gasteiger partial charge < -0.3 is 4.74 Å². The van der Waals surface area contributed by atoms with Crippen molar-refractivity contribution in [1.82, 2.24) is 0 Å². The van der Waals surface area contributed by atoms with Crippen LogP contribution in [-0.4, -0.2) is 6.29 Å². The van der Waals surface area contributed by atoms with Gasteiger partial charge in [0.15, 0.2) is 0 Å². The average molecular weight is 264 g/mol. The molecule has 0 aromatic heterocycles. The summed E-state index contributed by atoms with van der Waals surface area (Å²) >= 11 is 0. The number of carbonyl (C=O) groups excluding carboxylic acids is 1. The van der Waals surface area contributed by atoms with Gasteiger partial charge in [0.05, 0.1) is 0 Å². The molecule has 0 spiro atoms. The van der Waals surface area contributed by atoms with E-state index in [9.17, 15) is 4.79 Å². The molecule has 0 amide bonds. The summed E-state index contributed by atoms with van der Waals surface area (Å²) in [7, 11) is 0. The fraction of sp³-hybridized carbons (Fsp3) is 0.167. The first-order valence-corrected chi connectivity index (χ1v) is 6.81. The van der Waals surface area contributed by atoms with Gasteiger partial charge >= 0.3 is 0 Å². The molecule has 0 saturated carbocycles. The van der Waals surface area contributed by atoms with E-state index in [1.165, 1.54) is 5.56 Å². The lowest BCUT2D eigenvalue weighted by Crippen LogP contribution is -2.04. The van der Waals surface area contributed by atoms with Crippen molar-refractivity contribution in [3.63, 3.8) is 0 Å². The Bertz CT molecular complexity index is 642. The normalized spacial score (nSPS) is 13.3. The molecule has 0 aliphatic heterocycles. The van der Waals surface area contributed by atoms with Crippen molar-refractivity contribution in [2.75, 3.05) is 0 Å². The lowest BCUT2D eigenvalue weighted by Gasteiger charge is -2.18. The first-order chi connectivity index (χ1) is 9.86. The van der Waals surface area contributed by atoms with Crippen molar-refractivity contribution in [3.8, 4) is 5.75 Å². The van der Waals surface area contributed by atoms with Gasteiger partial charge in [0.1, 0.15) is 18.6 Å². The first-order valence-electron chi connectivity index (χ1n) is 6.81. The van der Waals surface area contributed by atoms with E-state index >= 15 is 0 Å². The zero-order valence-corrected chi connectivity index (χ0v) is 11.2. The molecule has 1 aliphatic carbocycles. The van der Waals surface area contributed by atoms with E-state index in [1.54, 1.807) is 0 Å². The number of rotatable bonds is 4. The van der Waals surface area contributed by atoms with Gasteiger partial charge in [-0.2, -0.15) is 0 Å². The molecule has 2 nitrogen and oxygen atoms in total. The summed E-state index contributed by atoms with van der Waals surface area (Å²) in [6, 6.07) is 16.1. The summed E-state index contributed by atoms with van der Waals surface area (Å²) < 4.78 is 5.94. The molecule has 0 bridgehead atoms. The Kier molecular flexibility index (Phi) is 3.64. The summed E-state index contributed by atoms with van der Waals surface area (Å²) in [6.45, 7) is 0.571. The SMILES string of the molecule is O=CC1=Cc2cccc(OCc3ccccc3)c2CC1. The molecule has 0 atom stereocenters. The summed E-state index contributed by atoms with van der Waals surface area (Å²) in [6.07, 6.45) is 4.56. The fourth-order valence-corrected chi connectivity index (χ4v) is 2.49. The van der Waals surface area contributed by atoms with E-state index in [1.807, 2.05) is 42.5 Å². The van der Waals surface area contributed by atoms with Crippen LogP contribution in [0, 0.1) is 0 Å². The van der Waals surface area contributed by atoms with Crippen LogP contribution in [0.3, 0.4) is 0 Å². The maximum atomic E-state index is 10.9. The largest absolute Gasteiger partial charge is 0.489 e. The summed E-state index contributed by atoms with van der Waals surface area (Å²) in [5.41, 5.74) is 4.32. The third-order valence-corrected chi connectivity index (χ3v) is 3.56. The van der Waals surface area contributed by atoms with Crippen LogP contribution < -0.4 is 4.74 Å². The van der Waals surface area contributed by atoms with Crippen molar-refractivity contribution in [1.29, 1.82) is 0 Å². The van der Waals surface area contributed by atoms with Gasteiger partial charge in [0.2, 0.25) is 0 Å². The van der Waals surface area contributed by atoms with Crippen LogP contribution in [-0.2, 0) is 17.8 Å². The lowest BCUT2D eigenvalue weighted by atomic mass is 9.92. The number of benzene rings is 2. The molecule has 3 rings (SSSR count). The molecule has 0 fully saturated rings. The van der Waals surface area contributed by atoms with Crippen molar-refractivity contribution >= 4 is 12.4 Å². The van der Waals surface area contributed by atoms with E-state index in [0.717, 1.165) is 41.6 Å². The molecule has 0 N–H and O–H groups in total. The molecular formula is C18H16O2. The van der Waals surface area contributed by atoms with Crippen LogP contribution in [0.2, 0.25) is 0 Å². The number of ether oxygens (including phenoxy) is 1. The standard InChI is InChI=1S/C18H16O2/c19-12-15-9-10-17-16(11-15)7-4-8-18(17)20-13-14-5-2-1-3-6-14/h1-8,11-12H,9-10,13H2. The van der Waals surface area contributed by atoms with Gasteiger partial charge in [-0.05, 0) is 41.7 Å². The number of hydrogen-bond donors (Lipinski definition) is 0. The molecule has 0 unspecified atom stereocenters. The van der Waals surface area contributed by atoms with Crippen LogP contribution in [0.25, 0.3) is 6.08 Å². The second-order valence-electron chi connectivity index (χ2n) is 4.94. The topological polar surface area (TPSA) is 26.3 Å². The Labute approximate surface area is 118 Å². The minimum atomic E-state index is 0.571. The quantitative estimate of drug-likeness (QED) is 0.785.